The molecule has 0 bridgehead atoms. The van der Waals surface area contributed by atoms with Crippen LogP contribution in [0.25, 0.3) is 78.0 Å². The number of aromatic nitrogens is 5. The van der Waals surface area contributed by atoms with Crippen LogP contribution in [0, 0.1) is 13.8 Å². The first-order chi connectivity index (χ1) is 23.6. The van der Waals surface area contributed by atoms with Gasteiger partial charge in [0, 0.05) is 38.4 Å². The molecule has 9 aromatic rings. The highest BCUT2D eigenvalue weighted by atomic mass is 15.2. The summed E-state index contributed by atoms with van der Waals surface area (Å²) in [6, 6.07) is 48.9. The van der Waals surface area contributed by atoms with Crippen molar-refractivity contribution in [3.8, 4) is 34.4 Å². The van der Waals surface area contributed by atoms with Crippen molar-refractivity contribution in [2.75, 3.05) is 0 Å². The third-order valence-corrected chi connectivity index (χ3v) is 8.87. The van der Waals surface area contributed by atoms with E-state index in [-0.39, 0.29) is 0 Å². The molecule has 48 heavy (non-hydrogen) atoms. The molecule has 5 nitrogen and oxygen atoms in total. The Labute approximate surface area is 279 Å². The summed E-state index contributed by atoms with van der Waals surface area (Å²) in [5.74, 6) is 1.87. The molecule has 0 aliphatic carbocycles. The quantitative estimate of drug-likeness (QED) is 0.196. The summed E-state index contributed by atoms with van der Waals surface area (Å²) in [5.41, 5.74) is 9.90. The van der Waals surface area contributed by atoms with Crippen LogP contribution in [0.15, 0.2) is 140 Å². The number of hydrogen-bond donors (Lipinski definition) is 0. The van der Waals surface area contributed by atoms with E-state index in [2.05, 4.69) is 126 Å². The second-order valence-electron chi connectivity index (χ2n) is 11.9. The maximum absolute atomic E-state index is 5.20. The molecular weight excluding hydrogens is 587 g/mol. The normalized spacial score (nSPS) is 11.3. The van der Waals surface area contributed by atoms with E-state index >= 15 is 0 Å². The van der Waals surface area contributed by atoms with Gasteiger partial charge in [-0.2, -0.15) is 9.97 Å². The van der Waals surface area contributed by atoms with Gasteiger partial charge >= 0.3 is 0 Å². The Kier molecular flexibility index (Phi) is 7.30. The predicted molar refractivity (Wildman–Crippen MR) is 200 cm³/mol. The Hall–Kier alpha value is -6.07. The van der Waals surface area contributed by atoms with Gasteiger partial charge in [-0.15, -0.1) is 0 Å². The summed E-state index contributed by atoms with van der Waals surface area (Å²) in [7, 11) is 0. The minimum absolute atomic E-state index is 0.595. The number of para-hydroxylation sites is 1. The zero-order valence-electron chi connectivity index (χ0n) is 27.5. The van der Waals surface area contributed by atoms with Gasteiger partial charge in [-0.3, -0.25) is 4.57 Å². The van der Waals surface area contributed by atoms with Crippen molar-refractivity contribution in [3.05, 3.63) is 151 Å². The van der Waals surface area contributed by atoms with E-state index in [1.54, 1.807) is 0 Å². The first kappa shape index (κ1) is 29.3. The minimum atomic E-state index is 0.595. The summed E-state index contributed by atoms with van der Waals surface area (Å²) < 4.78 is 4.62. The lowest BCUT2D eigenvalue weighted by atomic mass is 10.1. The van der Waals surface area contributed by atoms with Gasteiger partial charge in [0.2, 0.25) is 5.95 Å². The fourth-order valence-corrected chi connectivity index (χ4v) is 6.80. The van der Waals surface area contributed by atoms with E-state index in [4.69, 9.17) is 15.0 Å². The van der Waals surface area contributed by atoms with Crippen LogP contribution in [-0.4, -0.2) is 24.1 Å². The SMILES string of the molecule is CC.Cc1ccc2c(c1)c1c(ccc3c4cc(C)ccc4n(-c4nc(-c5ccccc5)nc(-c5ccccc5)n4)c31)n2-c1ccccc1. The number of fused-ring (bicyclic) bond motifs is 7. The van der Waals surface area contributed by atoms with Gasteiger partial charge in [-0.1, -0.05) is 122 Å². The first-order valence-corrected chi connectivity index (χ1v) is 16.6. The van der Waals surface area contributed by atoms with Gasteiger partial charge < -0.3 is 4.57 Å². The molecule has 0 unspecified atom stereocenters. The second-order valence-corrected chi connectivity index (χ2v) is 11.9. The highest BCUT2D eigenvalue weighted by Gasteiger charge is 2.23. The molecule has 5 heteroatoms. The van der Waals surface area contributed by atoms with E-state index < -0.39 is 0 Å². The van der Waals surface area contributed by atoms with Crippen molar-refractivity contribution in [1.29, 1.82) is 0 Å². The third-order valence-electron chi connectivity index (χ3n) is 8.87. The number of aryl methyl sites for hydroxylation is 2. The van der Waals surface area contributed by atoms with Gasteiger partial charge in [-0.05, 0) is 56.3 Å². The molecule has 0 atom stereocenters. The molecule has 0 N–H and O–H groups in total. The highest BCUT2D eigenvalue weighted by molar-refractivity contribution is 6.26. The second kappa shape index (κ2) is 11.9. The van der Waals surface area contributed by atoms with E-state index in [1.165, 1.54) is 32.7 Å². The fraction of sp³-hybridized carbons (Fsp3) is 0.0930. The maximum Gasteiger partial charge on any atom is 0.238 e. The fourth-order valence-electron chi connectivity index (χ4n) is 6.80. The Morgan fingerprint density at radius 3 is 1.52 bits per heavy atom. The molecule has 0 radical (unpaired) electrons. The molecule has 0 amide bonds. The molecule has 3 aromatic heterocycles. The summed E-state index contributed by atoms with van der Waals surface area (Å²) in [6.45, 7) is 8.31. The third kappa shape index (κ3) is 4.75. The van der Waals surface area contributed by atoms with Gasteiger partial charge in [0.1, 0.15) is 0 Å². The van der Waals surface area contributed by atoms with Gasteiger partial charge in [0.15, 0.2) is 11.6 Å². The molecule has 3 heterocycles. The largest absolute Gasteiger partial charge is 0.309 e. The minimum Gasteiger partial charge on any atom is -0.309 e. The predicted octanol–water partition coefficient (Wildman–Crippen LogP) is 11.0. The topological polar surface area (TPSA) is 48.5 Å². The standard InChI is InChI=1S/C41H29N5.C2H6/c1-26-18-21-34-32(24-26)31-20-23-36-37(33-25-27(2)19-22-35(33)45(36)30-16-10-5-11-17-30)38(31)46(34)41-43-39(28-12-6-3-7-13-28)42-40(44-41)29-14-8-4-9-15-29;1-2/h3-25H,1-2H3;1-2H3. The lowest BCUT2D eigenvalue weighted by Gasteiger charge is -2.12. The van der Waals surface area contributed by atoms with Crippen LogP contribution < -0.4 is 0 Å². The van der Waals surface area contributed by atoms with Crippen LogP contribution in [0.1, 0.15) is 25.0 Å². The van der Waals surface area contributed by atoms with Crippen LogP contribution in [0.2, 0.25) is 0 Å². The van der Waals surface area contributed by atoms with Crippen LogP contribution in [0.3, 0.4) is 0 Å². The van der Waals surface area contributed by atoms with Crippen LogP contribution in [-0.2, 0) is 0 Å². The molecular formula is C43H35N5. The lowest BCUT2D eigenvalue weighted by Crippen LogP contribution is -2.06. The van der Waals surface area contributed by atoms with E-state index in [1.807, 2.05) is 50.2 Å². The zero-order chi connectivity index (χ0) is 32.8. The number of nitrogens with zero attached hydrogens (tertiary/aromatic N) is 5. The van der Waals surface area contributed by atoms with Crippen LogP contribution in [0.5, 0.6) is 0 Å². The summed E-state index contributed by atoms with van der Waals surface area (Å²) in [6.07, 6.45) is 0. The van der Waals surface area contributed by atoms with Crippen molar-refractivity contribution in [3.63, 3.8) is 0 Å². The average molecular weight is 622 g/mol. The summed E-state index contributed by atoms with van der Waals surface area (Å²) in [5, 5.41) is 4.72. The van der Waals surface area contributed by atoms with Crippen molar-refractivity contribution in [2.24, 2.45) is 0 Å². The number of rotatable bonds is 4. The molecule has 6 aromatic carbocycles. The molecule has 0 fully saturated rings. The van der Waals surface area contributed by atoms with Crippen LogP contribution >= 0.6 is 0 Å². The summed E-state index contributed by atoms with van der Waals surface area (Å²) >= 11 is 0. The van der Waals surface area contributed by atoms with Gasteiger partial charge in [-0.25, -0.2) is 4.98 Å². The van der Waals surface area contributed by atoms with E-state index in [9.17, 15) is 0 Å². The molecule has 9 rings (SSSR count). The Morgan fingerprint density at radius 1 is 0.438 bits per heavy atom. The Balaban J connectivity index is 0.00000165. The Bertz CT molecular complexity index is 2520. The monoisotopic (exact) mass is 621 g/mol. The van der Waals surface area contributed by atoms with Crippen molar-refractivity contribution >= 4 is 43.6 Å². The molecule has 0 saturated heterocycles. The number of benzene rings is 6. The van der Waals surface area contributed by atoms with Gasteiger partial charge in [0.25, 0.3) is 0 Å². The molecule has 0 spiro atoms. The molecule has 232 valence electrons. The van der Waals surface area contributed by atoms with Crippen molar-refractivity contribution in [1.82, 2.24) is 24.1 Å². The van der Waals surface area contributed by atoms with Crippen LogP contribution in [0.4, 0.5) is 0 Å². The number of hydrogen-bond acceptors (Lipinski definition) is 3. The Morgan fingerprint density at radius 2 is 0.938 bits per heavy atom. The zero-order valence-corrected chi connectivity index (χ0v) is 27.5. The van der Waals surface area contributed by atoms with Gasteiger partial charge in [0.05, 0.1) is 22.1 Å². The molecule has 0 aliphatic heterocycles. The first-order valence-electron chi connectivity index (χ1n) is 16.6. The highest BCUT2D eigenvalue weighted by Crippen LogP contribution is 2.42. The summed E-state index contributed by atoms with van der Waals surface area (Å²) in [4.78, 5) is 15.4. The van der Waals surface area contributed by atoms with Crippen molar-refractivity contribution in [2.45, 2.75) is 27.7 Å². The smallest absolute Gasteiger partial charge is 0.238 e. The average Bonchev–Trinajstić information content (AvgIpc) is 3.65. The van der Waals surface area contributed by atoms with E-state index in [0.717, 1.165) is 38.9 Å². The van der Waals surface area contributed by atoms with Crippen molar-refractivity contribution < 1.29 is 0 Å². The maximum atomic E-state index is 5.20. The van der Waals surface area contributed by atoms with E-state index in [0.29, 0.717) is 17.6 Å². The molecule has 0 aliphatic rings. The lowest BCUT2D eigenvalue weighted by molar-refractivity contribution is 0.955. The molecule has 0 saturated carbocycles.